The summed E-state index contributed by atoms with van der Waals surface area (Å²) in [4.78, 5) is 13.8. The zero-order valence-electron chi connectivity index (χ0n) is 11.9. The molecule has 0 aromatic heterocycles. The summed E-state index contributed by atoms with van der Waals surface area (Å²) in [5.41, 5.74) is -0.352. The van der Waals surface area contributed by atoms with Crippen molar-refractivity contribution in [2.75, 3.05) is 6.54 Å². The van der Waals surface area contributed by atoms with Gasteiger partial charge in [-0.15, -0.1) is 0 Å². The summed E-state index contributed by atoms with van der Waals surface area (Å²) < 4.78 is 0. The number of amides is 1. The normalized spacial score (nSPS) is 20.1. The second kappa shape index (κ2) is 6.58. The van der Waals surface area contributed by atoms with Gasteiger partial charge in [-0.3, -0.25) is 4.79 Å². The number of rotatable bonds is 4. The molecule has 2 nitrogen and oxygen atoms in total. The minimum Gasteiger partial charge on any atom is -0.315 e. The lowest BCUT2D eigenvalue weighted by Gasteiger charge is -2.25. The minimum absolute atomic E-state index is 0.116. The van der Waals surface area contributed by atoms with Crippen molar-refractivity contribution in [1.82, 2.24) is 4.90 Å². The Labute approximate surface area is 111 Å². The fraction of sp³-hybridized carbons (Fsp3) is 0.562. The zero-order chi connectivity index (χ0) is 13.6. The predicted octanol–water partition coefficient (Wildman–Crippen LogP) is 3.92. The van der Waals surface area contributed by atoms with Crippen LogP contribution in [0.3, 0.4) is 0 Å². The van der Waals surface area contributed by atoms with E-state index in [-0.39, 0.29) is 11.3 Å². The number of hydrogen-bond acceptors (Lipinski definition) is 1. The van der Waals surface area contributed by atoms with Crippen LogP contribution < -0.4 is 0 Å². The van der Waals surface area contributed by atoms with Crippen LogP contribution in [0.15, 0.2) is 37.1 Å². The molecule has 0 aromatic carbocycles. The maximum Gasteiger partial charge on any atom is 0.232 e. The average molecular weight is 247 g/mol. The summed E-state index contributed by atoms with van der Waals surface area (Å²) in [6, 6.07) is 0. The highest BCUT2D eigenvalue weighted by atomic mass is 16.2. The zero-order valence-corrected chi connectivity index (χ0v) is 11.9. The highest BCUT2D eigenvalue weighted by Gasteiger charge is 2.25. The molecule has 1 amide bonds. The van der Waals surface area contributed by atoms with Gasteiger partial charge in [0.1, 0.15) is 0 Å². The van der Waals surface area contributed by atoms with Crippen LogP contribution in [-0.4, -0.2) is 17.4 Å². The molecular formula is C16H25NO. The monoisotopic (exact) mass is 247 g/mol. The number of allylic oxidation sites excluding steroid dienone is 3. The topological polar surface area (TPSA) is 20.3 Å². The molecule has 2 heteroatoms. The first-order valence-electron chi connectivity index (χ1n) is 6.70. The average Bonchev–Trinajstić information content (AvgIpc) is 2.34. The standard InChI is InChI=1S/C16H25NO/c1-5-17(15(18)16(2,3)4)13-9-12-14-10-7-6-8-11-14/h5-7,9,12,14H,1,8,10-11,13H2,2-4H3/b12-9+. The fourth-order valence-corrected chi connectivity index (χ4v) is 2.03. The number of carbonyl (C=O) groups excluding carboxylic acids is 1. The molecule has 1 unspecified atom stereocenters. The molecule has 18 heavy (non-hydrogen) atoms. The van der Waals surface area contributed by atoms with Crippen molar-refractivity contribution in [1.29, 1.82) is 0 Å². The summed E-state index contributed by atoms with van der Waals surface area (Å²) in [5, 5.41) is 0. The molecule has 0 saturated heterocycles. The Bertz CT molecular complexity index is 347. The van der Waals surface area contributed by atoms with Crippen molar-refractivity contribution in [2.24, 2.45) is 11.3 Å². The van der Waals surface area contributed by atoms with E-state index in [0.717, 1.165) is 6.42 Å². The molecule has 1 atom stereocenters. The quantitative estimate of drug-likeness (QED) is 0.690. The van der Waals surface area contributed by atoms with Crippen LogP contribution in [0.25, 0.3) is 0 Å². The Balaban J connectivity index is 2.49. The molecule has 1 aliphatic carbocycles. The summed E-state index contributed by atoms with van der Waals surface area (Å²) in [6.45, 7) is 10.1. The smallest absolute Gasteiger partial charge is 0.232 e. The minimum atomic E-state index is -0.352. The first-order chi connectivity index (χ1) is 8.45. The van der Waals surface area contributed by atoms with Gasteiger partial charge < -0.3 is 4.90 Å². The number of hydrogen-bond donors (Lipinski definition) is 0. The van der Waals surface area contributed by atoms with Crippen molar-refractivity contribution in [3.8, 4) is 0 Å². The van der Waals surface area contributed by atoms with Gasteiger partial charge in [-0.2, -0.15) is 0 Å². The molecule has 1 rings (SSSR count). The molecule has 0 heterocycles. The highest BCUT2D eigenvalue weighted by molar-refractivity contribution is 5.82. The SMILES string of the molecule is C=CN(C/C=C/C1CC=CCC1)C(=O)C(C)(C)C. The third-order valence-electron chi connectivity index (χ3n) is 3.14. The Morgan fingerprint density at radius 1 is 1.44 bits per heavy atom. The molecular weight excluding hydrogens is 222 g/mol. The lowest BCUT2D eigenvalue weighted by Crippen LogP contribution is -2.35. The molecule has 0 N–H and O–H groups in total. The second-order valence-electron chi connectivity index (χ2n) is 5.86. The molecule has 100 valence electrons. The van der Waals surface area contributed by atoms with E-state index in [1.807, 2.05) is 20.8 Å². The van der Waals surface area contributed by atoms with E-state index in [0.29, 0.717) is 12.5 Å². The van der Waals surface area contributed by atoms with Crippen LogP contribution in [0.2, 0.25) is 0 Å². The Morgan fingerprint density at radius 2 is 2.17 bits per heavy atom. The van der Waals surface area contributed by atoms with Crippen LogP contribution in [0.4, 0.5) is 0 Å². The van der Waals surface area contributed by atoms with Gasteiger partial charge in [0.15, 0.2) is 0 Å². The van der Waals surface area contributed by atoms with Gasteiger partial charge in [-0.25, -0.2) is 0 Å². The van der Waals surface area contributed by atoms with Gasteiger partial charge in [-0.1, -0.05) is 51.7 Å². The molecule has 0 radical (unpaired) electrons. The van der Waals surface area contributed by atoms with E-state index in [2.05, 4.69) is 30.9 Å². The maximum absolute atomic E-state index is 12.1. The molecule has 0 fully saturated rings. The highest BCUT2D eigenvalue weighted by Crippen LogP contribution is 2.20. The molecule has 1 aliphatic rings. The molecule has 0 aromatic rings. The van der Waals surface area contributed by atoms with Gasteiger partial charge >= 0.3 is 0 Å². The van der Waals surface area contributed by atoms with Gasteiger partial charge in [0.05, 0.1) is 0 Å². The van der Waals surface area contributed by atoms with Gasteiger partial charge in [0.2, 0.25) is 5.91 Å². The first kappa shape index (κ1) is 14.7. The fourth-order valence-electron chi connectivity index (χ4n) is 2.03. The molecule has 0 aliphatic heterocycles. The van der Waals surface area contributed by atoms with Gasteiger partial charge in [0, 0.05) is 12.0 Å². The van der Waals surface area contributed by atoms with Gasteiger partial charge in [-0.05, 0) is 31.4 Å². The lowest BCUT2D eigenvalue weighted by atomic mass is 9.93. The van der Waals surface area contributed by atoms with Crippen LogP contribution in [0, 0.1) is 11.3 Å². The van der Waals surface area contributed by atoms with Crippen LogP contribution in [-0.2, 0) is 4.79 Å². The summed E-state index contributed by atoms with van der Waals surface area (Å²) in [5.74, 6) is 0.747. The summed E-state index contributed by atoms with van der Waals surface area (Å²) in [6.07, 6.45) is 13.9. The predicted molar refractivity (Wildman–Crippen MR) is 77.0 cm³/mol. The van der Waals surface area contributed by atoms with Crippen LogP contribution >= 0.6 is 0 Å². The third kappa shape index (κ3) is 4.52. The van der Waals surface area contributed by atoms with E-state index in [4.69, 9.17) is 0 Å². The van der Waals surface area contributed by atoms with Crippen molar-refractivity contribution in [2.45, 2.75) is 40.0 Å². The van der Waals surface area contributed by atoms with E-state index >= 15 is 0 Å². The van der Waals surface area contributed by atoms with E-state index in [1.165, 1.54) is 12.8 Å². The molecule has 0 bridgehead atoms. The van der Waals surface area contributed by atoms with Crippen molar-refractivity contribution in [3.63, 3.8) is 0 Å². The molecule has 0 saturated carbocycles. The summed E-state index contributed by atoms with van der Waals surface area (Å²) >= 11 is 0. The largest absolute Gasteiger partial charge is 0.315 e. The van der Waals surface area contributed by atoms with Gasteiger partial charge in [0.25, 0.3) is 0 Å². The first-order valence-corrected chi connectivity index (χ1v) is 6.70. The summed E-state index contributed by atoms with van der Waals surface area (Å²) in [7, 11) is 0. The van der Waals surface area contributed by atoms with E-state index < -0.39 is 0 Å². The van der Waals surface area contributed by atoms with E-state index in [1.54, 1.807) is 11.1 Å². The third-order valence-corrected chi connectivity index (χ3v) is 3.14. The van der Waals surface area contributed by atoms with Crippen molar-refractivity contribution < 1.29 is 4.79 Å². The van der Waals surface area contributed by atoms with Crippen molar-refractivity contribution >= 4 is 5.91 Å². The number of nitrogens with zero attached hydrogens (tertiary/aromatic N) is 1. The Morgan fingerprint density at radius 3 is 2.67 bits per heavy atom. The van der Waals surface area contributed by atoms with E-state index in [9.17, 15) is 4.79 Å². The molecule has 0 spiro atoms. The van der Waals surface area contributed by atoms with Crippen molar-refractivity contribution in [3.05, 3.63) is 37.1 Å². The van der Waals surface area contributed by atoms with Crippen LogP contribution in [0.5, 0.6) is 0 Å². The maximum atomic E-state index is 12.1. The Hall–Kier alpha value is -1.31. The Kier molecular flexibility index (Phi) is 5.39. The lowest BCUT2D eigenvalue weighted by molar-refractivity contribution is -0.136. The second-order valence-corrected chi connectivity index (χ2v) is 5.86. The number of carbonyl (C=O) groups is 1. The van der Waals surface area contributed by atoms with Crippen LogP contribution in [0.1, 0.15) is 40.0 Å².